The summed E-state index contributed by atoms with van der Waals surface area (Å²) < 4.78 is 36.9. The zero-order valence-electron chi connectivity index (χ0n) is 18.5. The minimum atomic E-state index is -3.14. The summed E-state index contributed by atoms with van der Waals surface area (Å²) in [4.78, 5) is 17.4. The summed E-state index contributed by atoms with van der Waals surface area (Å²) in [6.45, 7) is 1.89. The number of Topliss-reactive ketones (excluding diaryl/α,β-unsaturated/α-hetero) is 1. The number of sulfone groups is 1. The molecule has 0 radical (unpaired) electrons. The summed E-state index contributed by atoms with van der Waals surface area (Å²) in [5, 5.41) is 0.911. The molecule has 0 N–H and O–H groups in total. The van der Waals surface area contributed by atoms with Crippen LogP contribution in [0.2, 0.25) is 0 Å². The lowest BCUT2D eigenvalue weighted by Gasteiger charge is -2.15. The van der Waals surface area contributed by atoms with E-state index >= 15 is 0 Å². The van der Waals surface area contributed by atoms with Crippen LogP contribution in [0.4, 0.5) is 4.39 Å². The second-order valence-electron chi connectivity index (χ2n) is 8.44. The van der Waals surface area contributed by atoms with Crippen molar-refractivity contribution < 1.29 is 17.6 Å². The molecular weight excluding hydrogens is 437 g/mol. The standard InChI is InChI=1S/C27H24FNO3S/c1-18(17-33(2,31)32)23-15-22-7-4-12-29-27(22)25(16-23)20-5-3-6-21(14-20)26(30)13-19-8-10-24(28)11-9-19/h3-12,14-16,18H,13,17H2,1-2H3. The maximum Gasteiger partial charge on any atom is 0.167 e. The van der Waals surface area contributed by atoms with E-state index in [1.807, 2.05) is 49.4 Å². The highest BCUT2D eigenvalue weighted by Gasteiger charge is 2.17. The van der Waals surface area contributed by atoms with E-state index in [4.69, 9.17) is 0 Å². The van der Waals surface area contributed by atoms with E-state index < -0.39 is 9.84 Å². The van der Waals surface area contributed by atoms with Crippen molar-refractivity contribution >= 4 is 26.5 Å². The summed E-state index contributed by atoms with van der Waals surface area (Å²) in [6.07, 6.45) is 3.13. The molecule has 1 heterocycles. The van der Waals surface area contributed by atoms with Crippen molar-refractivity contribution in [1.29, 1.82) is 0 Å². The molecule has 0 aliphatic heterocycles. The lowest BCUT2D eigenvalue weighted by Crippen LogP contribution is -2.10. The van der Waals surface area contributed by atoms with Gasteiger partial charge in [-0.25, -0.2) is 12.8 Å². The van der Waals surface area contributed by atoms with Gasteiger partial charge in [-0.3, -0.25) is 9.78 Å². The fourth-order valence-electron chi connectivity index (χ4n) is 4.02. The highest BCUT2D eigenvalue weighted by atomic mass is 32.2. The number of ketones is 1. The Morgan fingerprint density at radius 1 is 1.00 bits per heavy atom. The van der Waals surface area contributed by atoms with E-state index in [1.54, 1.807) is 24.4 Å². The smallest absolute Gasteiger partial charge is 0.167 e. The molecule has 168 valence electrons. The fourth-order valence-corrected chi connectivity index (χ4v) is 5.12. The normalized spacial score (nSPS) is 12.6. The number of fused-ring (bicyclic) bond motifs is 1. The van der Waals surface area contributed by atoms with Gasteiger partial charge in [0.15, 0.2) is 5.78 Å². The largest absolute Gasteiger partial charge is 0.294 e. The van der Waals surface area contributed by atoms with Crippen molar-refractivity contribution in [2.45, 2.75) is 19.3 Å². The molecule has 0 aliphatic carbocycles. The van der Waals surface area contributed by atoms with E-state index in [2.05, 4.69) is 4.98 Å². The number of pyridine rings is 1. The molecular formula is C27H24FNO3S. The van der Waals surface area contributed by atoms with Crippen molar-refractivity contribution in [3.63, 3.8) is 0 Å². The first-order valence-electron chi connectivity index (χ1n) is 10.6. The molecule has 0 aliphatic rings. The molecule has 1 atom stereocenters. The Morgan fingerprint density at radius 3 is 2.48 bits per heavy atom. The van der Waals surface area contributed by atoms with Crippen LogP contribution in [0, 0.1) is 5.82 Å². The molecule has 0 saturated heterocycles. The molecule has 4 nitrogen and oxygen atoms in total. The lowest BCUT2D eigenvalue weighted by molar-refractivity contribution is 0.0993. The predicted molar refractivity (Wildman–Crippen MR) is 130 cm³/mol. The van der Waals surface area contributed by atoms with Crippen LogP contribution in [-0.4, -0.2) is 31.2 Å². The third-order valence-corrected chi connectivity index (χ3v) is 6.73. The van der Waals surface area contributed by atoms with Gasteiger partial charge in [-0.05, 0) is 59.0 Å². The lowest BCUT2D eigenvalue weighted by atomic mass is 9.92. The quantitative estimate of drug-likeness (QED) is 0.335. The maximum atomic E-state index is 13.2. The maximum absolute atomic E-state index is 13.2. The highest BCUT2D eigenvalue weighted by Crippen LogP contribution is 2.32. The summed E-state index contributed by atoms with van der Waals surface area (Å²) in [5.74, 6) is -0.541. The molecule has 0 fully saturated rings. The van der Waals surface area contributed by atoms with E-state index in [0.29, 0.717) is 5.56 Å². The van der Waals surface area contributed by atoms with Crippen LogP contribution in [0.25, 0.3) is 22.0 Å². The molecule has 0 saturated carbocycles. The number of carbonyl (C=O) groups is 1. The number of benzene rings is 3. The fraction of sp³-hybridized carbons (Fsp3) is 0.185. The van der Waals surface area contributed by atoms with Crippen molar-refractivity contribution in [3.05, 3.63) is 102 Å². The van der Waals surface area contributed by atoms with E-state index in [0.717, 1.165) is 33.2 Å². The monoisotopic (exact) mass is 461 g/mol. The van der Waals surface area contributed by atoms with Gasteiger partial charge in [0.05, 0.1) is 11.3 Å². The zero-order chi connectivity index (χ0) is 23.6. The molecule has 1 unspecified atom stereocenters. The molecule has 6 heteroatoms. The number of carbonyl (C=O) groups excluding carboxylic acids is 1. The van der Waals surface area contributed by atoms with E-state index in [1.165, 1.54) is 18.4 Å². The average Bonchev–Trinajstić information content (AvgIpc) is 2.79. The van der Waals surface area contributed by atoms with Crippen molar-refractivity contribution in [2.24, 2.45) is 0 Å². The summed E-state index contributed by atoms with van der Waals surface area (Å²) >= 11 is 0. The van der Waals surface area contributed by atoms with Gasteiger partial charge in [0.1, 0.15) is 15.7 Å². The Kier molecular flexibility index (Phi) is 6.38. The van der Waals surface area contributed by atoms with Crippen LogP contribution < -0.4 is 0 Å². The minimum Gasteiger partial charge on any atom is -0.294 e. The zero-order valence-corrected chi connectivity index (χ0v) is 19.3. The molecule has 0 amide bonds. The van der Waals surface area contributed by atoms with Crippen LogP contribution in [0.5, 0.6) is 0 Å². The van der Waals surface area contributed by atoms with Crippen LogP contribution in [0.1, 0.15) is 34.3 Å². The van der Waals surface area contributed by atoms with Gasteiger partial charge in [0.25, 0.3) is 0 Å². The predicted octanol–water partition coefficient (Wildman–Crippen LogP) is 5.61. The molecule has 33 heavy (non-hydrogen) atoms. The van der Waals surface area contributed by atoms with Crippen molar-refractivity contribution in [3.8, 4) is 11.1 Å². The Morgan fingerprint density at radius 2 is 1.76 bits per heavy atom. The number of halogens is 1. The second-order valence-corrected chi connectivity index (χ2v) is 10.6. The van der Waals surface area contributed by atoms with Gasteiger partial charge in [-0.1, -0.05) is 43.3 Å². The Balaban J connectivity index is 1.74. The van der Waals surface area contributed by atoms with Gasteiger partial charge in [0, 0.05) is 35.4 Å². The van der Waals surface area contributed by atoms with Crippen molar-refractivity contribution in [1.82, 2.24) is 4.98 Å². The molecule has 4 rings (SSSR count). The van der Waals surface area contributed by atoms with Gasteiger partial charge < -0.3 is 0 Å². The Bertz CT molecular complexity index is 1430. The minimum absolute atomic E-state index is 0.0500. The van der Waals surface area contributed by atoms with Gasteiger partial charge >= 0.3 is 0 Å². The first-order chi connectivity index (χ1) is 15.7. The van der Waals surface area contributed by atoms with Gasteiger partial charge in [-0.15, -0.1) is 0 Å². The first-order valence-corrected chi connectivity index (χ1v) is 12.7. The summed E-state index contributed by atoms with van der Waals surface area (Å²) in [7, 11) is -3.14. The van der Waals surface area contributed by atoms with Crippen molar-refractivity contribution in [2.75, 3.05) is 12.0 Å². The van der Waals surface area contributed by atoms with Gasteiger partial charge in [0.2, 0.25) is 0 Å². The van der Waals surface area contributed by atoms with Crippen LogP contribution >= 0.6 is 0 Å². The molecule has 4 aromatic rings. The number of hydrogen-bond acceptors (Lipinski definition) is 4. The molecule has 0 spiro atoms. The van der Waals surface area contributed by atoms with E-state index in [-0.39, 0.29) is 29.7 Å². The highest BCUT2D eigenvalue weighted by molar-refractivity contribution is 7.90. The number of aromatic nitrogens is 1. The summed E-state index contributed by atoms with van der Waals surface area (Å²) in [6, 6.07) is 21.0. The SMILES string of the molecule is CC(CS(C)(=O)=O)c1cc(-c2cccc(C(=O)Cc3ccc(F)cc3)c2)c2ncccc2c1. The van der Waals surface area contributed by atoms with E-state index in [9.17, 15) is 17.6 Å². The molecule has 1 aromatic heterocycles. The Hall–Kier alpha value is -3.38. The van der Waals surface area contributed by atoms with Crippen LogP contribution in [-0.2, 0) is 16.3 Å². The summed E-state index contributed by atoms with van der Waals surface area (Å²) in [5.41, 5.74) is 4.66. The topological polar surface area (TPSA) is 64.1 Å². The first kappa shape index (κ1) is 22.8. The Labute approximate surface area is 193 Å². The number of nitrogens with zero attached hydrogens (tertiary/aromatic N) is 1. The van der Waals surface area contributed by atoms with Crippen LogP contribution in [0.15, 0.2) is 79.0 Å². The molecule has 0 bridgehead atoms. The number of hydrogen-bond donors (Lipinski definition) is 0. The molecule has 3 aromatic carbocycles. The number of rotatable bonds is 7. The average molecular weight is 462 g/mol. The van der Waals surface area contributed by atoms with Gasteiger partial charge in [-0.2, -0.15) is 0 Å². The third-order valence-electron chi connectivity index (χ3n) is 5.62. The van der Waals surface area contributed by atoms with Crippen LogP contribution in [0.3, 0.4) is 0 Å². The third kappa shape index (κ3) is 5.52. The second kappa shape index (κ2) is 9.24.